The van der Waals surface area contributed by atoms with Crippen LogP contribution in [0.4, 0.5) is 5.69 Å². The molecule has 3 rings (SSSR count). The van der Waals surface area contributed by atoms with Crippen molar-refractivity contribution in [2.24, 2.45) is 11.8 Å². The van der Waals surface area contributed by atoms with Crippen molar-refractivity contribution in [2.45, 2.75) is 19.3 Å². The Balaban J connectivity index is 1.61. The molecular weight excluding hydrogens is 351 g/mol. The first-order chi connectivity index (χ1) is 11.5. The predicted molar refractivity (Wildman–Crippen MR) is 91.8 cm³/mol. The van der Waals surface area contributed by atoms with Gasteiger partial charge in [0, 0.05) is 13.0 Å². The topological polar surface area (TPSA) is 66.5 Å². The second kappa shape index (κ2) is 6.95. The van der Waals surface area contributed by atoms with E-state index < -0.39 is 0 Å². The number of carbonyl (C=O) groups is 3. The van der Waals surface area contributed by atoms with Gasteiger partial charge in [-0.3, -0.25) is 19.3 Å². The number of nitrogens with zero attached hydrogens (tertiary/aromatic N) is 1. The zero-order chi connectivity index (χ0) is 17.3. The maximum Gasteiger partial charge on any atom is 0.233 e. The number of fused-ring (bicyclic) bond motifs is 1. The lowest BCUT2D eigenvalue weighted by Crippen LogP contribution is -2.34. The molecule has 126 valence electrons. The molecule has 1 aliphatic carbocycles. The van der Waals surface area contributed by atoms with Crippen molar-refractivity contribution in [1.82, 2.24) is 4.90 Å². The van der Waals surface area contributed by atoms with E-state index in [1.54, 1.807) is 18.2 Å². The molecule has 0 spiro atoms. The van der Waals surface area contributed by atoms with Crippen LogP contribution in [0, 0.1) is 11.8 Å². The van der Waals surface area contributed by atoms with Gasteiger partial charge in [-0.25, -0.2) is 0 Å². The number of para-hydroxylation sites is 1. The van der Waals surface area contributed by atoms with Crippen LogP contribution in [0.1, 0.15) is 19.3 Å². The Hall–Kier alpha value is -1.85. The first kappa shape index (κ1) is 17.0. The van der Waals surface area contributed by atoms with Crippen LogP contribution >= 0.6 is 23.2 Å². The summed E-state index contributed by atoms with van der Waals surface area (Å²) in [6.07, 6.45) is 5.05. The van der Waals surface area contributed by atoms with Crippen LogP contribution < -0.4 is 5.32 Å². The second-order valence-electron chi connectivity index (χ2n) is 5.88. The van der Waals surface area contributed by atoms with Gasteiger partial charge < -0.3 is 5.32 Å². The number of allylic oxidation sites excluding steroid dienone is 2. The standard InChI is InChI=1S/C17H16Cl2N2O3/c18-12-6-3-7-13(19)15(12)20-14(22)8-9-21-16(23)10-4-1-2-5-11(10)17(21)24/h1-3,6-7,10-11H,4-5,8-9H2,(H,20,22)/t10-,11+. The fourth-order valence-electron chi connectivity index (χ4n) is 3.12. The molecular formula is C17H16Cl2N2O3. The van der Waals surface area contributed by atoms with E-state index in [9.17, 15) is 14.4 Å². The largest absolute Gasteiger partial charge is 0.323 e. The average molecular weight is 367 g/mol. The van der Waals surface area contributed by atoms with E-state index in [0.29, 0.717) is 28.6 Å². The number of hydrogen-bond acceptors (Lipinski definition) is 3. The van der Waals surface area contributed by atoms with Crippen molar-refractivity contribution >= 4 is 46.6 Å². The number of carbonyl (C=O) groups excluding carboxylic acids is 3. The van der Waals surface area contributed by atoms with Crippen LogP contribution in [0.15, 0.2) is 30.4 Å². The van der Waals surface area contributed by atoms with Crippen LogP contribution in [0.3, 0.4) is 0 Å². The summed E-state index contributed by atoms with van der Waals surface area (Å²) in [6.45, 7) is 0.0680. The van der Waals surface area contributed by atoms with Gasteiger partial charge in [0.1, 0.15) is 0 Å². The smallest absolute Gasteiger partial charge is 0.233 e. The molecule has 2 aliphatic rings. The van der Waals surface area contributed by atoms with Crippen LogP contribution in [0.2, 0.25) is 10.0 Å². The molecule has 1 saturated heterocycles. The molecule has 1 aliphatic heterocycles. The number of hydrogen-bond donors (Lipinski definition) is 1. The van der Waals surface area contributed by atoms with E-state index in [0.717, 1.165) is 0 Å². The maximum atomic E-state index is 12.3. The molecule has 0 saturated carbocycles. The Labute approximate surface area is 149 Å². The molecule has 0 unspecified atom stereocenters. The first-order valence-corrected chi connectivity index (χ1v) is 8.48. The number of amides is 3. The highest BCUT2D eigenvalue weighted by Crippen LogP contribution is 2.35. The van der Waals surface area contributed by atoms with Crippen molar-refractivity contribution in [3.05, 3.63) is 40.4 Å². The highest BCUT2D eigenvalue weighted by atomic mass is 35.5. The summed E-state index contributed by atoms with van der Waals surface area (Å²) in [5.41, 5.74) is 0.336. The Kier molecular flexibility index (Phi) is 4.92. The molecule has 24 heavy (non-hydrogen) atoms. The van der Waals surface area contributed by atoms with Crippen LogP contribution in [0.5, 0.6) is 0 Å². The molecule has 1 fully saturated rings. The summed E-state index contributed by atoms with van der Waals surface area (Å²) in [5.74, 6) is -1.26. The van der Waals surface area contributed by atoms with E-state index in [4.69, 9.17) is 23.2 Å². The number of likely N-dealkylation sites (tertiary alicyclic amines) is 1. The van der Waals surface area contributed by atoms with Gasteiger partial charge in [0.25, 0.3) is 0 Å². The number of rotatable bonds is 4. The number of benzene rings is 1. The Morgan fingerprint density at radius 2 is 1.62 bits per heavy atom. The van der Waals surface area contributed by atoms with Gasteiger partial charge in [0.05, 0.1) is 27.6 Å². The third-order valence-corrected chi connectivity index (χ3v) is 5.02. The number of imide groups is 1. The number of halogens is 2. The Morgan fingerprint density at radius 1 is 1.08 bits per heavy atom. The van der Waals surface area contributed by atoms with Gasteiger partial charge >= 0.3 is 0 Å². The molecule has 1 N–H and O–H groups in total. The van der Waals surface area contributed by atoms with Crippen LogP contribution in [-0.2, 0) is 14.4 Å². The third-order valence-electron chi connectivity index (χ3n) is 4.39. The van der Waals surface area contributed by atoms with Gasteiger partial charge in [0.15, 0.2) is 0 Å². The van der Waals surface area contributed by atoms with E-state index in [-0.39, 0.29) is 42.5 Å². The minimum atomic E-state index is -0.349. The molecule has 7 heteroatoms. The fourth-order valence-corrected chi connectivity index (χ4v) is 3.61. The molecule has 5 nitrogen and oxygen atoms in total. The summed E-state index contributed by atoms with van der Waals surface area (Å²) >= 11 is 12.0. The zero-order valence-corrected chi connectivity index (χ0v) is 14.3. The molecule has 1 aromatic rings. The summed E-state index contributed by atoms with van der Waals surface area (Å²) in [7, 11) is 0. The molecule has 0 bridgehead atoms. The van der Waals surface area contributed by atoms with Crippen LogP contribution in [-0.4, -0.2) is 29.2 Å². The summed E-state index contributed by atoms with van der Waals surface area (Å²) in [6, 6.07) is 4.92. The van der Waals surface area contributed by atoms with E-state index in [1.807, 2.05) is 12.2 Å². The van der Waals surface area contributed by atoms with Gasteiger partial charge in [-0.15, -0.1) is 0 Å². The quantitative estimate of drug-likeness (QED) is 0.656. The van der Waals surface area contributed by atoms with Gasteiger partial charge in [-0.05, 0) is 25.0 Å². The van der Waals surface area contributed by atoms with Crippen molar-refractivity contribution in [2.75, 3.05) is 11.9 Å². The van der Waals surface area contributed by atoms with Crippen molar-refractivity contribution < 1.29 is 14.4 Å². The molecule has 1 heterocycles. The average Bonchev–Trinajstić information content (AvgIpc) is 2.81. The van der Waals surface area contributed by atoms with E-state index in [2.05, 4.69) is 5.32 Å². The Morgan fingerprint density at radius 3 is 2.17 bits per heavy atom. The molecule has 3 amide bonds. The molecule has 1 aromatic carbocycles. The lowest BCUT2D eigenvalue weighted by molar-refractivity contribution is -0.140. The SMILES string of the molecule is O=C(CCN1C(=O)[C@H]2CC=CC[C@H]2C1=O)Nc1c(Cl)cccc1Cl. The minimum Gasteiger partial charge on any atom is -0.323 e. The summed E-state index contributed by atoms with van der Waals surface area (Å²) in [4.78, 5) is 38.0. The summed E-state index contributed by atoms with van der Waals surface area (Å²) < 4.78 is 0. The predicted octanol–water partition coefficient (Wildman–Crippen LogP) is 3.27. The summed E-state index contributed by atoms with van der Waals surface area (Å²) in [5, 5.41) is 3.30. The first-order valence-electron chi connectivity index (χ1n) is 7.73. The monoisotopic (exact) mass is 366 g/mol. The molecule has 2 atom stereocenters. The highest BCUT2D eigenvalue weighted by Gasteiger charge is 2.46. The lowest BCUT2D eigenvalue weighted by atomic mass is 9.85. The molecule has 0 aromatic heterocycles. The number of nitrogens with one attached hydrogen (secondary N) is 1. The minimum absolute atomic E-state index is 0.00585. The van der Waals surface area contributed by atoms with Crippen molar-refractivity contribution in [3.63, 3.8) is 0 Å². The van der Waals surface area contributed by atoms with Crippen molar-refractivity contribution in [3.8, 4) is 0 Å². The van der Waals surface area contributed by atoms with Crippen LogP contribution in [0.25, 0.3) is 0 Å². The number of anilines is 1. The maximum absolute atomic E-state index is 12.3. The normalized spacial score (nSPS) is 22.7. The second-order valence-corrected chi connectivity index (χ2v) is 6.69. The highest BCUT2D eigenvalue weighted by molar-refractivity contribution is 6.39. The lowest BCUT2D eigenvalue weighted by Gasteiger charge is -2.15. The van der Waals surface area contributed by atoms with Gasteiger partial charge in [-0.1, -0.05) is 41.4 Å². The molecule has 0 radical (unpaired) electrons. The zero-order valence-electron chi connectivity index (χ0n) is 12.8. The third kappa shape index (κ3) is 3.19. The fraction of sp³-hybridized carbons (Fsp3) is 0.353. The van der Waals surface area contributed by atoms with Gasteiger partial charge in [-0.2, -0.15) is 0 Å². The van der Waals surface area contributed by atoms with Gasteiger partial charge in [0.2, 0.25) is 17.7 Å². The van der Waals surface area contributed by atoms with Crippen molar-refractivity contribution in [1.29, 1.82) is 0 Å². The van der Waals surface area contributed by atoms with E-state index in [1.165, 1.54) is 4.90 Å². The Bertz CT molecular complexity index is 686. The van der Waals surface area contributed by atoms with E-state index >= 15 is 0 Å².